The van der Waals surface area contributed by atoms with E-state index in [0.717, 1.165) is 11.1 Å². The highest BCUT2D eigenvalue weighted by Crippen LogP contribution is 2.29. The fourth-order valence-corrected chi connectivity index (χ4v) is 2.57. The van der Waals surface area contributed by atoms with Gasteiger partial charge in [0.1, 0.15) is 5.82 Å². The molecule has 8 heteroatoms. The number of nitrogens with zero attached hydrogens (tertiary/aromatic N) is 1. The van der Waals surface area contributed by atoms with E-state index < -0.39 is 17.7 Å². The molecule has 128 valence electrons. The summed E-state index contributed by atoms with van der Waals surface area (Å²) in [5.74, 6) is -1.62. The first kappa shape index (κ1) is 16.9. The van der Waals surface area contributed by atoms with Gasteiger partial charge in [-0.1, -0.05) is 23.7 Å². The number of carbonyl (C=O) groups is 2. The van der Waals surface area contributed by atoms with E-state index in [1.807, 2.05) is 0 Å². The smallest absolute Gasteiger partial charge is 0.303 e. The summed E-state index contributed by atoms with van der Waals surface area (Å²) >= 11 is 5.81. The lowest BCUT2D eigenvalue weighted by atomic mass is 10.0. The zero-order chi connectivity index (χ0) is 18.0. The molecule has 0 radical (unpaired) electrons. The van der Waals surface area contributed by atoms with Crippen molar-refractivity contribution in [2.45, 2.75) is 12.8 Å². The predicted molar refractivity (Wildman–Crippen MR) is 92.0 cm³/mol. The van der Waals surface area contributed by atoms with E-state index in [9.17, 15) is 14.0 Å². The van der Waals surface area contributed by atoms with Crippen molar-refractivity contribution < 1.29 is 19.1 Å². The number of aromatic nitrogens is 2. The molecule has 0 saturated carbocycles. The van der Waals surface area contributed by atoms with Gasteiger partial charge in [-0.3, -0.25) is 14.7 Å². The molecule has 0 aliphatic carbocycles. The second-order valence-corrected chi connectivity index (χ2v) is 5.81. The minimum absolute atomic E-state index is 0.0357. The number of carboxylic acids is 1. The van der Waals surface area contributed by atoms with E-state index in [1.54, 1.807) is 24.3 Å². The quantitative estimate of drug-likeness (QED) is 0.643. The lowest BCUT2D eigenvalue weighted by Gasteiger charge is -2.04. The summed E-state index contributed by atoms with van der Waals surface area (Å²) in [5, 5.41) is 18.7. The van der Waals surface area contributed by atoms with Crippen LogP contribution in [-0.4, -0.2) is 27.2 Å². The van der Waals surface area contributed by atoms with Crippen LogP contribution in [0.1, 0.15) is 12.8 Å². The first-order chi connectivity index (χ1) is 11.9. The Hall–Kier alpha value is -2.93. The maximum Gasteiger partial charge on any atom is 0.303 e. The van der Waals surface area contributed by atoms with Gasteiger partial charge in [-0.25, -0.2) is 4.39 Å². The van der Waals surface area contributed by atoms with Crippen LogP contribution in [0.25, 0.3) is 22.0 Å². The molecule has 25 heavy (non-hydrogen) atoms. The number of aromatic amines is 1. The molecular formula is C17H13ClFN3O3. The molecule has 0 spiro atoms. The van der Waals surface area contributed by atoms with Crippen molar-refractivity contribution in [1.29, 1.82) is 0 Å². The van der Waals surface area contributed by atoms with Crippen molar-refractivity contribution in [3.8, 4) is 11.1 Å². The third-order valence-electron chi connectivity index (χ3n) is 3.64. The lowest BCUT2D eigenvalue weighted by Crippen LogP contribution is -2.13. The number of benzene rings is 2. The summed E-state index contributed by atoms with van der Waals surface area (Å²) < 4.78 is 13.3. The molecule has 0 atom stereocenters. The van der Waals surface area contributed by atoms with E-state index in [-0.39, 0.29) is 17.9 Å². The second kappa shape index (κ2) is 6.90. The second-order valence-electron chi connectivity index (χ2n) is 5.40. The number of H-pyrrole nitrogens is 1. The number of halogens is 2. The predicted octanol–water partition coefficient (Wildman–Crippen LogP) is 3.83. The van der Waals surface area contributed by atoms with Crippen molar-refractivity contribution in [1.82, 2.24) is 10.2 Å². The average molecular weight is 362 g/mol. The number of nitrogens with one attached hydrogen (secondary N) is 2. The van der Waals surface area contributed by atoms with Gasteiger partial charge >= 0.3 is 5.97 Å². The Kier molecular flexibility index (Phi) is 4.67. The Bertz CT molecular complexity index is 971. The van der Waals surface area contributed by atoms with E-state index in [4.69, 9.17) is 16.7 Å². The number of rotatable bonds is 5. The maximum absolute atomic E-state index is 13.3. The van der Waals surface area contributed by atoms with Gasteiger partial charge in [-0.2, -0.15) is 5.10 Å². The van der Waals surface area contributed by atoms with Crippen LogP contribution in [0.4, 0.5) is 10.2 Å². The Morgan fingerprint density at radius 3 is 2.60 bits per heavy atom. The van der Waals surface area contributed by atoms with Crippen LogP contribution in [0.5, 0.6) is 0 Å². The topological polar surface area (TPSA) is 95.1 Å². The number of carboxylic acid groups (broad SMARTS) is 1. The molecule has 0 fully saturated rings. The van der Waals surface area contributed by atoms with E-state index in [2.05, 4.69) is 15.5 Å². The van der Waals surface area contributed by atoms with Gasteiger partial charge in [0, 0.05) is 11.8 Å². The molecule has 0 saturated heterocycles. The van der Waals surface area contributed by atoms with Gasteiger partial charge in [-0.15, -0.1) is 0 Å². The molecule has 2 aromatic carbocycles. The Morgan fingerprint density at radius 1 is 1.16 bits per heavy atom. The Labute approximate surface area is 146 Å². The standard InChI is InChI=1S/C17H13ClFN3O3/c18-12-7-9(2-4-13(12)19)10-1-3-11-14(8-10)21-22-17(11)20-15(23)5-6-16(24)25/h1-4,7-8H,5-6H2,(H,24,25)(H2,20,21,22,23). The zero-order valence-electron chi connectivity index (χ0n) is 12.8. The van der Waals surface area contributed by atoms with Crippen molar-refractivity contribution in [2.75, 3.05) is 5.32 Å². The van der Waals surface area contributed by atoms with Crippen molar-refractivity contribution in [3.05, 3.63) is 47.2 Å². The van der Waals surface area contributed by atoms with E-state index in [1.165, 1.54) is 12.1 Å². The number of fused-ring (bicyclic) bond motifs is 1. The lowest BCUT2D eigenvalue weighted by molar-refractivity contribution is -0.138. The first-order valence-electron chi connectivity index (χ1n) is 7.39. The number of aliphatic carboxylic acids is 1. The van der Waals surface area contributed by atoms with Crippen LogP contribution >= 0.6 is 11.6 Å². The molecule has 3 aromatic rings. The molecule has 0 unspecified atom stereocenters. The summed E-state index contributed by atoms with van der Waals surface area (Å²) in [6.45, 7) is 0. The maximum atomic E-state index is 13.3. The largest absolute Gasteiger partial charge is 0.481 e. The molecule has 1 aromatic heterocycles. The molecule has 1 amide bonds. The van der Waals surface area contributed by atoms with Gasteiger partial charge in [0.15, 0.2) is 5.82 Å². The number of hydrogen-bond donors (Lipinski definition) is 3. The van der Waals surface area contributed by atoms with Gasteiger partial charge in [0.05, 0.1) is 17.0 Å². The van der Waals surface area contributed by atoms with Crippen molar-refractivity contribution >= 4 is 40.2 Å². The molecule has 1 heterocycles. The normalized spacial score (nSPS) is 10.8. The van der Waals surface area contributed by atoms with E-state index in [0.29, 0.717) is 16.7 Å². The molecule has 3 N–H and O–H groups in total. The highest BCUT2D eigenvalue weighted by atomic mass is 35.5. The summed E-state index contributed by atoms with van der Waals surface area (Å²) in [5.41, 5.74) is 2.23. The number of hydrogen-bond acceptors (Lipinski definition) is 3. The first-order valence-corrected chi connectivity index (χ1v) is 7.77. The van der Waals surface area contributed by atoms with Crippen LogP contribution in [0.3, 0.4) is 0 Å². The molecule has 0 aliphatic rings. The third-order valence-corrected chi connectivity index (χ3v) is 3.93. The van der Waals surface area contributed by atoms with Crippen molar-refractivity contribution in [3.63, 3.8) is 0 Å². The summed E-state index contributed by atoms with van der Waals surface area (Å²) in [6, 6.07) is 9.81. The van der Waals surface area contributed by atoms with E-state index >= 15 is 0 Å². The van der Waals surface area contributed by atoms with Gasteiger partial charge in [0.25, 0.3) is 0 Å². The number of anilines is 1. The minimum Gasteiger partial charge on any atom is -0.481 e. The van der Waals surface area contributed by atoms with Crippen LogP contribution in [0.2, 0.25) is 5.02 Å². The Balaban J connectivity index is 1.84. The van der Waals surface area contributed by atoms with Gasteiger partial charge < -0.3 is 10.4 Å². The molecule has 0 aliphatic heterocycles. The monoisotopic (exact) mass is 361 g/mol. The third kappa shape index (κ3) is 3.77. The molecule has 0 bridgehead atoms. The Morgan fingerprint density at radius 2 is 1.88 bits per heavy atom. The van der Waals surface area contributed by atoms with Crippen LogP contribution in [0.15, 0.2) is 36.4 Å². The highest BCUT2D eigenvalue weighted by molar-refractivity contribution is 6.31. The minimum atomic E-state index is -1.04. The van der Waals surface area contributed by atoms with Crippen LogP contribution < -0.4 is 5.32 Å². The van der Waals surface area contributed by atoms with Crippen LogP contribution in [0, 0.1) is 5.82 Å². The zero-order valence-corrected chi connectivity index (χ0v) is 13.6. The van der Waals surface area contributed by atoms with Crippen LogP contribution in [-0.2, 0) is 9.59 Å². The van der Waals surface area contributed by atoms with Gasteiger partial charge in [0.2, 0.25) is 5.91 Å². The SMILES string of the molecule is O=C(O)CCC(=O)Nc1n[nH]c2cc(-c3ccc(F)c(Cl)c3)ccc12. The number of amides is 1. The number of carbonyl (C=O) groups excluding carboxylic acids is 1. The molecular weight excluding hydrogens is 349 g/mol. The molecule has 6 nitrogen and oxygen atoms in total. The summed E-state index contributed by atoms with van der Waals surface area (Å²) in [7, 11) is 0. The average Bonchev–Trinajstić information content (AvgIpc) is 2.97. The fourth-order valence-electron chi connectivity index (χ4n) is 2.39. The molecule has 3 rings (SSSR count). The van der Waals surface area contributed by atoms with Gasteiger partial charge in [-0.05, 0) is 35.4 Å². The van der Waals surface area contributed by atoms with Crippen molar-refractivity contribution in [2.24, 2.45) is 0 Å². The summed E-state index contributed by atoms with van der Waals surface area (Å²) in [6.07, 6.45) is -0.375. The highest BCUT2D eigenvalue weighted by Gasteiger charge is 2.12. The summed E-state index contributed by atoms with van der Waals surface area (Å²) in [4.78, 5) is 22.2. The fraction of sp³-hybridized carbons (Fsp3) is 0.118.